The van der Waals surface area contributed by atoms with Gasteiger partial charge < -0.3 is 26.0 Å². The van der Waals surface area contributed by atoms with Crippen molar-refractivity contribution < 1.29 is 18.7 Å². The van der Waals surface area contributed by atoms with E-state index < -0.39 is 5.92 Å². The summed E-state index contributed by atoms with van der Waals surface area (Å²) in [5, 5.41) is 14.0. The van der Waals surface area contributed by atoms with Gasteiger partial charge in [0.2, 0.25) is 11.8 Å². The third-order valence-electron chi connectivity index (χ3n) is 7.34. The minimum Gasteiger partial charge on any atom is -0.506 e. The van der Waals surface area contributed by atoms with Crippen LogP contribution in [0.1, 0.15) is 49.7 Å². The number of carbonyl (C=O) groups is 1. The lowest BCUT2D eigenvalue weighted by Gasteiger charge is -2.37. The lowest BCUT2D eigenvalue weighted by atomic mass is 9.90. The van der Waals surface area contributed by atoms with Crippen LogP contribution in [0.2, 0.25) is 5.02 Å². The van der Waals surface area contributed by atoms with Gasteiger partial charge in [-0.15, -0.1) is 0 Å². The Kier molecular flexibility index (Phi) is 9.98. The van der Waals surface area contributed by atoms with E-state index in [0.717, 1.165) is 33.6 Å². The number of nitrogens with two attached hydrogens (primary N) is 1. The summed E-state index contributed by atoms with van der Waals surface area (Å²) in [4.78, 5) is 29.2. The number of halogens is 3. The van der Waals surface area contributed by atoms with Gasteiger partial charge in [-0.1, -0.05) is 41.1 Å². The van der Waals surface area contributed by atoms with E-state index >= 15 is 0 Å². The largest absolute Gasteiger partial charge is 0.506 e. The fraction of sp³-hybridized carbons (Fsp3) is 0.500. The first-order valence-electron chi connectivity index (χ1n) is 13.3. The molecule has 1 aromatic heterocycles. The zero-order valence-electron chi connectivity index (χ0n) is 21.7. The molecule has 0 saturated heterocycles. The SMILES string of the molecule is NC(CCc1ccc(Cl)cc1)CC(=O)N(CCNCCc1ccc(O)c2[nH]c(=O)sc12)C1CCC(F)(F)CC1. The Morgan fingerprint density at radius 3 is 2.62 bits per heavy atom. The number of benzene rings is 2. The molecule has 0 bridgehead atoms. The minimum atomic E-state index is -2.67. The summed E-state index contributed by atoms with van der Waals surface area (Å²) in [5.74, 6) is -2.73. The van der Waals surface area contributed by atoms with E-state index in [1.54, 1.807) is 17.0 Å². The highest BCUT2D eigenvalue weighted by Crippen LogP contribution is 2.35. The second-order valence-electron chi connectivity index (χ2n) is 10.3. The molecule has 5 N–H and O–H groups in total. The number of phenolic OH excluding ortho intramolecular Hbond substituents is 1. The molecule has 2 aromatic carbocycles. The maximum atomic E-state index is 13.8. The van der Waals surface area contributed by atoms with Crippen molar-refractivity contribution in [3.05, 3.63) is 62.2 Å². The van der Waals surface area contributed by atoms with Crippen molar-refractivity contribution in [1.29, 1.82) is 0 Å². The number of hydrogen-bond donors (Lipinski definition) is 4. The monoisotopic (exact) mass is 580 g/mol. The molecule has 39 heavy (non-hydrogen) atoms. The molecule has 7 nitrogen and oxygen atoms in total. The summed E-state index contributed by atoms with van der Waals surface area (Å²) in [7, 11) is 0. The van der Waals surface area contributed by atoms with Gasteiger partial charge in [0.15, 0.2) is 0 Å². The molecule has 212 valence electrons. The molecule has 0 spiro atoms. The normalized spacial score (nSPS) is 16.4. The van der Waals surface area contributed by atoms with Crippen LogP contribution < -0.4 is 15.9 Å². The summed E-state index contributed by atoms with van der Waals surface area (Å²) in [5.41, 5.74) is 8.79. The van der Waals surface area contributed by atoms with E-state index in [2.05, 4.69) is 10.3 Å². The van der Waals surface area contributed by atoms with Gasteiger partial charge in [0.25, 0.3) is 0 Å². The Hall–Kier alpha value is -2.53. The van der Waals surface area contributed by atoms with E-state index in [0.29, 0.717) is 43.0 Å². The Morgan fingerprint density at radius 1 is 1.18 bits per heavy atom. The van der Waals surface area contributed by atoms with Crippen LogP contribution in [0.5, 0.6) is 5.75 Å². The smallest absolute Gasteiger partial charge is 0.305 e. The fourth-order valence-corrected chi connectivity index (χ4v) is 6.14. The van der Waals surface area contributed by atoms with E-state index in [-0.39, 0.29) is 60.7 Å². The molecule has 0 radical (unpaired) electrons. The van der Waals surface area contributed by atoms with Crippen LogP contribution in [0.4, 0.5) is 8.78 Å². The van der Waals surface area contributed by atoms with E-state index in [4.69, 9.17) is 17.3 Å². The van der Waals surface area contributed by atoms with Crippen LogP contribution >= 0.6 is 22.9 Å². The van der Waals surface area contributed by atoms with Gasteiger partial charge in [-0.05, 0) is 68.0 Å². The lowest BCUT2D eigenvalue weighted by molar-refractivity contribution is -0.137. The first-order valence-corrected chi connectivity index (χ1v) is 14.5. The van der Waals surface area contributed by atoms with Gasteiger partial charge in [-0.3, -0.25) is 9.59 Å². The predicted octanol–water partition coefficient (Wildman–Crippen LogP) is 4.84. The summed E-state index contributed by atoms with van der Waals surface area (Å²) < 4.78 is 28.3. The molecule has 3 aromatic rings. The maximum Gasteiger partial charge on any atom is 0.305 e. The number of aromatic nitrogens is 1. The van der Waals surface area contributed by atoms with E-state index in [9.17, 15) is 23.5 Å². The Morgan fingerprint density at radius 2 is 1.90 bits per heavy atom. The highest BCUT2D eigenvalue weighted by molar-refractivity contribution is 7.16. The number of hydrogen-bond acceptors (Lipinski definition) is 6. The maximum absolute atomic E-state index is 13.8. The van der Waals surface area contributed by atoms with Crippen molar-refractivity contribution in [2.75, 3.05) is 19.6 Å². The van der Waals surface area contributed by atoms with Crippen molar-refractivity contribution in [2.24, 2.45) is 5.73 Å². The second kappa shape index (κ2) is 13.2. The van der Waals surface area contributed by atoms with Gasteiger partial charge in [0.1, 0.15) is 11.3 Å². The van der Waals surface area contributed by atoms with Crippen LogP contribution in [-0.2, 0) is 17.6 Å². The topological polar surface area (TPSA) is 111 Å². The van der Waals surface area contributed by atoms with Crippen LogP contribution in [0, 0.1) is 0 Å². The molecule has 1 aliphatic rings. The minimum absolute atomic E-state index is 0.0404. The molecule has 11 heteroatoms. The fourth-order valence-electron chi connectivity index (χ4n) is 5.11. The van der Waals surface area contributed by atoms with Gasteiger partial charge in [-0.25, -0.2) is 8.78 Å². The molecular formula is C28H35ClF2N4O3S. The number of H-pyrrole nitrogens is 1. The molecule has 1 heterocycles. The molecule has 1 aliphatic carbocycles. The van der Waals surface area contributed by atoms with Crippen LogP contribution in [0.15, 0.2) is 41.2 Å². The van der Waals surface area contributed by atoms with E-state index in [1.807, 2.05) is 24.3 Å². The molecule has 4 rings (SSSR count). The van der Waals surface area contributed by atoms with Gasteiger partial charge in [-0.2, -0.15) is 0 Å². The number of amides is 1. The van der Waals surface area contributed by atoms with Crippen molar-refractivity contribution in [1.82, 2.24) is 15.2 Å². The van der Waals surface area contributed by atoms with Crippen LogP contribution in [0.3, 0.4) is 0 Å². The zero-order chi connectivity index (χ0) is 28.0. The van der Waals surface area contributed by atoms with Crippen molar-refractivity contribution in [3.63, 3.8) is 0 Å². The van der Waals surface area contributed by atoms with E-state index in [1.165, 1.54) is 0 Å². The second-order valence-corrected chi connectivity index (χ2v) is 11.7. The molecule has 1 atom stereocenters. The Balaban J connectivity index is 1.30. The Bertz CT molecular complexity index is 1300. The number of aryl methyl sites for hydroxylation is 1. The highest BCUT2D eigenvalue weighted by atomic mass is 35.5. The van der Waals surface area contributed by atoms with Gasteiger partial charge >= 0.3 is 4.87 Å². The molecule has 0 aliphatic heterocycles. The van der Waals surface area contributed by atoms with Crippen molar-refractivity contribution in [2.45, 2.75) is 69.4 Å². The molecule has 1 amide bonds. The first kappa shape index (κ1) is 29.5. The highest BCUT2D eigenvalue weighted by Gasteiger charge is 2.38. The Labute approximate surface area is 235 Å². The number of aromatic amines is 1. The number of thiazole rings is 1. The number of carbonyl (C=O) groups excluding carboxylic acids is 1. The number of nitrogens with one attached hydrogen (secondary N) is 2. The zero-order valence-corrected chi connectivity index (χ0v) is 23.3. The number of alkyl halides is 2. The molecule has 1 fully saturated rings. The quantitative estimate of drug-likeness (QED) is 0.229. The van der Waals surface area contributed by atoms with Crippen molar-refractivity contribution in [3.8, 4) is 5.75 Å². The first-order chi connectivity index (χ1) is 18.6. The standard InChI is InChI=1S/C28H35ClF2N4O3S/c29-20-5-1-18(2-6-20)3-7-21(32)17-24(37)35(22-9-12-28(30,31)13-10-22)16-15-33-14-11-19-4-8-23(36)25-26(19)39-27(38)34-25/h1-2,4-6,8,21-22,33,36H,3,7,9-17,32H2,(H,34,38). The summed E-state index contributed by atoms with van der Waals surface area (Å²) in [6.45, 7) is 1.50. The third-order valence-corrected chi connectivity index (χ3v) is 8.55. The average Bonchev–Trinajstić information content (AvgIpc) is 3.30. The van der Waals surface area contributed by atoms with Gasteiger partial charge in [0.05, 0.1) is 4.70 Å². The number of fused-ring (bicyclic) bond motifs is 1. The molecule has 1 saturated carbocycles. The van der Waals surface area contributed by atoms with Crippen molar-refractivity contribution >= 4 is 39.1 Å². The number of nitrogens with zero attached hydrogens (tertiary/aromatic N) is 1. The van der Waals surface area contributed by atoms with Crippen LogP contribution in [-0.4, -0.2) is 58.5 Å². The lowest BCUT2D eigenvalue weighted by Crippen LogP contribution is -2.48. The molecule has 1 unspecified atom stereocenters. The van der Waals surface area contributed by atoms with Gasteiger partial charge in [0, 0.05) is 49.5 Å². The average molecular weight is 581 g/mol. The predicted molar refractivity (Wildman–Crippen MR) is 152 cm³/mol. The summed E-state index contributed by atoms with van der Waals surface area (Å²) >= 11 is 7.01. The summed E-state index contributed by atoms with van der Waals surface area (Å²) in [6.07, 6.45) is 2.27. The number of aromatic hydroxyl groups is 1. The number of phenols is 1. The summed E-state index contributed by atoms with van der Waals surface area (Å²) in [6, 6.07) is 10.3. The van der Waals surface area contributed by atoms with Crippen LogP contribution in [0.25, 0.3) is 10.2 Å². The molecular weight excluding hydrogens is 546 g/mol. The third kappa shape index (κ3) is 8.23. The number of rotatable bonds is 12.